The number of carbonyl (C=O) groups excluding carboxylic acids is 2. The predicted molar refractivity (Wildman–Crippen MR) is 94.5 cm³/mol. The van der Waals surface area contributed by atoms with Gasteiger partial charge in [-0.2, -0.15) is 0 Å². The lowest BCUT2D eigenvalue weighted by atomic mass is 9.72. The summed E-state index contributed by atoms with van der Waals surface area (Å²) in [5.74, 6) is -0.497. The molecule has 0 amide bonds. The Labute approximate surface area is 143 Å². The van der Waals surface area contributed by atoms with Gasteiger partial charge < -0.3 is 10.8 Å². The van der Waals surface area contributed by atoms with Crippen LogP contribution in [0, 0.1) is 0 Å². The van der Waals surface area contributed by atoms with E-state index in [-0.39, 0.29) is 22.9 Å². The molecule has 0 fully saturated rings. The first kappa shape index (κ1) is 14.1. The summed E-state index contributed by atoms with van der Waals surface area (Å²) in [7, 11) is 0. The number of aromatic hydroxyl groups is 1. The topological polar surface area (TPSA) is 80.4 Å². The van der Waals surface area contributed by atoms with Crippen LogP contribution in [0.15, 0.2) is 54.6 Å². The molecule has 5 rings (SSSR count). The molecule has 4 heteroatoms. The minimum atomic E-state index is -0.846. The highest BCUT2D eigenvalue weighted by atomic mass is 16.3. The van der Waals surface area contributed by atoms with Crippen LogP contribution in [0.1, 0.15) is 38.7 Å². The van der Waals surface area contributed by atoms with E-state index in [0.29, 0.717) is 38.6 Å². The maximum absolute atomic E-state index is 13.1. The second-order valence-corrected chi connectivity index (χ2v) is 6.37. The van der Waals surface area contributed by atoms with E-state index in [1.54, 1.807) is 24.3 Å². The second kappa shape index (κ2) is 4.65. The SMILES string of the molecule is N[C@@H]1C(=O)C=C2c3ccccc3C(=O)c3c2c1c1ccccc1c3O. The Morgan fingerprint density at radius 2 is 1.48 bits per heavy atom. The largest absolute Gasteiger partial charge is 0.507 e. The Morgan fingerprint density at radius 1 is 0.840 bits per heavy atom. The Hall–Kier alpha value is -3.24. The summed E-state index contributed by atoms with van der Waals surface area (Å²) in [5.41, 5.74) is 9.49. The average Bonchev–Trinajstić information content (AvgIpc) is 2.64. The van der Waals surface area contributed by atoms with Gasteiger partial charge in [0.05, 0.1) is 11.6 Å². The fourth-order valence-corrected chi connectivity index (χ4v) is 3.98. The number of ketones is 2. The maximum atomic E-state index is 13.1. The number of carbonyl (C=O) groups is 2. The number of hydrogen-bond donors (Lipinski definition) is 2. The zero-order valence-corrected chi connectivity index (χ0v) is 13.1. The van der Waals surface area contributed by atoms with Crippen LogP contribution in [0.4, 0.5) is 0 Å². The molecule has 3 N–H and O–H groups in total. The second-order valence-electron chi connectivity index (χ2n) is 6.37. The zero-order chi connectivity index (χ0) is 17.3. The molecular weight excluding hydrogens is 314 g/mol. The number of rotatable bonds is 0. The summed E-state index contributed by atoms with van der Waals surface area (Å²) < 4.78 is 0. The summed E-state index contributed by atoms with van der Waals surface area (Å²) in [6.45, 7) is 0. The lowest BCUT2D eigenvalue weighted by molar-refractivity contribution is -0.115. The number of benzene rings is 3. The number of nitrogens with two attached hydrogens (primary N) is 1. The number of fused-ring (bicyclic) bond motifs is 4. The zero-order valence-electron chi connectivity index (χ0n) is 13.1. The molecule has 2 aliphatic rings. The number of phenolic OH excluding ortho intramolecular Hbond substituents is 1. The minimum Gasteiger partial charge on any atom is -0.507 e. The molecule has 3 aromatic carbocycles. The van der Waals surface area contributed by atoms with Crippen molar-refractivity contribution in [1.29, 1.82) is 0 Å². The maximum Gasteiger partial charge on any atom is 0.198 e. The van der Waals surface area contributed by atoms with Gasteiger partial charge in [-0.3, -0.25) is 9.59 Å². The summed E-state index contributed by atoms with van der Waals surface area (Å²) >= 11 is 0. The Kier molecular flexibility index (Phi) is 2.63. The lowest BCUT2D eigenvalue weighted by Gasteiger charge is -2.31. The van der Waals surface area contributed by atoms with Crippen molar-refractivity contribution < 1.29 is 14.7 Å². The summed E-state index contributed by atoms with van der Waals surface area (Å²) in [6, 6.07) is 13.5. The highest BCUT2D eigenvalue weighted by Crippen LogP contribution is 2.49. The molecule has 3 aromatic rings. The fourth-order valence-electron chi connectivity index (χ4n) is 3.98. The number of phenols is 1. The van der Waals surface area contributed by atoms with Crippen LogP contribution < -0.4 is 5.73 Å². The number of hydrogen-bond acceptors (Lipinski definition) is 4. The third kappa shape index (κ3) is 1.64. The van der Waals surface area contributed by atoms with Crippen LogP contribution in [-0.2, 0) is 4.79 Å². The molecule has 0 saturated heterocycles. The molecule has 0 aliphatic heterocycles. The van der Waals surface area contributed by atoms with E-state index < -0.39 is 6.04 Å². The predicted octanol–water partition coefficient (Wildman–Crippen LogP) is 3.10. The molecule has 0 bridgehead atoms. The van der Waals surface area contributed by atoms with Crippen molar-refractivity contribution in [2.24, 2.45) is 5.73 Å². The monoisotopic (exact) mass is 327 g/mol. The molecule has 4 nitrogen and oxygen atoms in total. The van der Waals surface area contributed by atoms with E-state index in [0.717, 1.165) is 0 Å². The van der Waals surface area contributed by atoms with E-state index in [1.807, 2.05) is 24.3 Å². The first-order valence-electron chi connectivity index (χ1n) is 8.02. The van der Waals surface area contributed by atoms with E-state index in [2.05, 4.69) is 0 Å². The van der Waals surface area contributed by atoms with Gasteiger partial charge in [0.1, 0.15) is 5.75 Å². The van der Waals surface area contributed by atoms with Crippen molar-refractivity contribution in [3.63, 3.8) is 0 Å². The van der Waals surface area contributed by atoms with Gasteiger partial charge in [0, 0.05) is 16.5 Å². The van der Waals surface area contributed by atoms with Crippen molar-refractivity contribution in [3.8, 4) is 5.75 Å². The van der Waals surface area contributed by atoms with Gasteiger partial charge in [-0.05, 0) is 28.2 Å². The van der Waals surface area contributed by atoms with E-state index in [1.165, 1.54) is 6.08 Å². The van der Waals surface area contributed by atoms with Crippen molar-refractivity contribution in [1.82, 2.24) is 0 Å². The van der Waals surface area contributed by atoms with E-state index >= 15 is 0 Å². The highest BCUT2D eigenvalue weighted by molar-refractivity contribution is 6.26. The Bertz CT molecular complexity index is 1160. The quantitative estimate of drug-likeness (QED) is 0.520. The summed E-state index contributed by atoms with van der Waals surface area (Å²) in [5, 5.41) is 12.1. The van der Waals surface area contributed by atoms with Gasteiger partial charge in [0.15, 0.2) is 11.6 Å². The molecule has 0 spiro atoms. The van der Waals surface area contributed by atoms with Crippen LogP contribution in [-0.4, -0.2) is 16.7 Å². The standard InChI is InChI=1S/C21H13NO3/c22-19-15(23)9-14-10-5-1-3-7-12(10)20(24)18-16(14)17(19)11-6-2-4-8-13(11)21(18)25/h1-9,19,25H,22H2/t19-/m1/s1. The van der Waals surface area contributed by atoms with E-state index in [4.69, 9.17) is 5.73 Å². The summed E-state index contributed by atoms with van der Waals surface area (Å²) in [6.07, 6.45) is 1.50. The van der Waals surface area contributed by atoms with Crippen molar-refractivity contribution in [2.45, 2.75) is 6.04 Å². The first-order chi connectivity index (χ1) is 12.1. The molecule has 0 aromatic heterocycles. The smallest absolute Gasteiger partial charge is 0.198 e. The molecular formula is C21H13NO3. The molecule has 25 heavy (non-hydrogen) atoms. The molecule has 0 unspecified atom stereocenters. The highest BCUT2D eigenvalue weighted by Gasteiger charge is 2.38. The molecule has 0 saturated carbocycles. The molecule has 120 valence electrons. The van der Waals surface area contributed by atoms with Crippen LogP contribution >= 0.6 is 0 Å². The normalized spacial score (nSPS) is 18.0. The van der Waals surface area contributed by atoms with Gasteiger partial charge in [0.2, 0.25) is 0 Å². The van der Waals surface area contributed by atoms with E-state index in [9.17, 15) is 14.7 Å². The van der Waals surface area contributed by atoms with Gasteiger partial charge in [-0.25, -0.2) is 0 Å². The molecule has 0 radical (unpaired) electrons. The van der Waals surface area contributed by atoms with Crippen LogP contribution in [0.25, 0.3) is 16.3 Å². The minimum absolute atomic E-state index is 0.0543. The van der Waals surface area contributed by atoms with Crippen LogP contribution in [0.2, 0.25) is 0 Å². The van der Waals surface area contributed by atoms with Crippen molar-refractivity contribution >= 4 is 27.9 Å². The Morgan fingerprint density at radius 3 is 2.24 bits per heavy atom. The molecule has 2 aliphatic carbocycles. The fraction of sp³-hybridized carbons (Fsp3) is 0.0476. The van der Waals surface area contributed by atoms with Crippen molar-refractivity contribution in [3.05, 3.63) is 82.4 Å². The van der Waals surface area contributed by atoms with Crippen LogP contribution in [0.5, 0.6) is 5.75 Å². The third-order valence-electron chi connectivity index (χ3n) is 5.09. The Balaban J connectivity index is 2.05. The molecule has 1 atom stereocenters. The van der Waals surface area contributed by atoms with Crippen LogP contribution in [0.3, 0.4) is 0 Å². The van der Waals surface area contributed by atoms with Gasteiger partial charge in [-0.15, -0.1) is 0 Å². The van der Waals surface area contributed by atoms with Gasteiger partial charge in [0.25, 0.3) is 0 Å². The third-order valence-corrected chi connectivity index (χ3v) is 5.09. The summed E-state index contributed by atoms with van der Waals surface area (Å²) in [4.78, 5) is 25.6. The lowest BCUT2D eigenvalue weighted by Crippen LogP contribution is -2.29. The van der Waals surface area contributed by atoms with Gasteiger partial charge in [-0.1, -0.05) is 48.5 Å². The molecule has 0 heterocycles. The van der Waals surface area contributed by atoms with Crippen molar-refractivity contribution in [2.75, 3.05) is 0 Å². The first-order valence-corrected chi connectivity index (χ1v) is 8.02. The van der Waals surface area contributed by atoms with Gasteiger partial charge >= 0.3 is 0 Å². The average molecular weight is 327 g/mol.